The van der Waals surface area contributed by atoms with Gasteiger partial charge in [-0.2, -0.15) is 23.5 Å². The van der Waals surface area contributed by atoms with Crippen LogP contribution in [-0.4, -0.2) is 89.2 Å². The van der Waals surface area contributed by atoms with E-state index in [2.05, 4.69) is 36.0 Å². The van der Waals surface area contributed by atoms with E-state index in [0.29, 0.717) is 32.4 Å². The highest BCUT2D eigenvalue weighted by atomic mass is 19.4. The SMILES string of the molecule is N#CCC1(n2cc(-c3ncnc4[nH]ccc34)cn2)CC(N2CCC(Oc3cc(ON4CC(O)C4)cc(C(F)(F)F)n3)CC2)C1. The van der Waals surface area contributed by atoms with E-state index >= 15 is 0 Å². The molecule has 0 bridgehead atoms. The lowest BCUT2D eigenvalue weighted by Gasteiger charge is -2.52. The van der Waals surface area contributed by atoms with Crippen molar-refractivity contribution in [1.82, 2.24) is 39.7 Å². The predicted octanol–water partition coefficient (Wildman–Crippen LogP) is 3.52. The highest BCUT2D eigenvalue weighted by Crippen LogP contribution is 2.46. The second-order valence-corrected chi connectivity index (χ2v) is 11.7. The minimum atomic E-state index is -4.66. The standard InChI is InChI=1S/C29H30F3N9O3/c30-29(31,32)24-9-22(44-40-15-20(42)16-40)10-25(38-24)43-21-2-7-39(8-3-21)19-11-28(12-19,4-5-33)41-14-18(13-37-41)26-23-1-6-34-27(23)36-17-35-26/h1,6,9-10,13-14,17,19-21,42H,2-4,7-8,11-12,15-16H2,(H,34,35,36). The number of aliphatic hydroxyl groups is 1. The van der Waals surface area contributed by atoms with Crippen molar-refractivity contribution in [3.63, 3.8) is 0 Å². The van der Waals surface area contributed by atoms with Crippen LogP contribution in [0, 0.1) is 11.3 Å². The number of β-amino-alcohol motifs (C(OH)–C–C–N with tert-alkyl or cyclic N) is 1. The quantitative estimate of drug-likeness (QED) is 0.305. The van der Waals surface area contributed by atoms with Crippen LogP contribution in [0.5, 0.6) is 11.6 Å². The molecule has 1 saturated carbocycles. The molecule has 4 aromatic rings. The Labute approximate surface area is 250 Å². The van der Waals surface area contributed by atoms with Crippen LogP contribution in [0.2, 0.25) is 0 Å². The molecule has 1 aliphatic carbocycles. The van der Waals surface area contributed by atoms with Gasteiger partial charge in [0, 0.05) is 54.6 Å². The van der Waals surface area contributed by atoms with Gasteiger partial charge < -0.3 is 19.7 Å². The number of nitrogens with zero attached hydrogens (tertiary/aromatic N) is 8. The summed E-state index contributed by atoms with van der Waals surface area (Å²) in [5.74, 6) is -0.171. The highest BCUT2D eigenvalue weighted by Gasteiger charge is 2.49. The maximum absolute atomic E-state index is 13.5. The van der Waals surface area contributed by atoms with E-state index in [1.807, 2.05) is 23.1 Å². The molecule has 230 valence electrons. The molecule has 4 aromatic heterocycles. The number of hydrogen-bond donors (Lipinski definition) is 2. The third-order valence-corrected chi connectivity index (χ3v) is 8.74. The van der Waals surface area contributed by atoms with Crippen molar-refractivity contribution in [2.45, 2.75) is 62.1 Å². The van der Waals surface area contributed by atoms with E-state index in [1.165, 1.54) is 17.5 Å². The topological polar surface area (TPSA) is 141 Å². The van der Waals surface area contributed by atoms with Crippen molar-refractivity contribution in [1.29, 1.82) is 5.26 Å². The molecule has 2 aliphatic heterocycles. The zero-order valence-electron chi connectivity index (χ0n) is 23.6. The maximum Gasteiger partial charge on any atom is 0.433 e. The minimum Gasteiger partial charge on any atom is -0.474 e. The number of halogens is 3. The van der Waals surface area contributed by atoms with E-state index in [0.717, 1.165) is 41.2 Å². The Morgan fingerprint density at radius 1 is 1.16 bits per heavy atom. The van der Waals surface area contributed by atoms with Gasteiger partial charge >= 0.3 is 6.18 Å². The smallest absolute Gasteiger partial charge is 0.433 e. The molecule has 12 nitrogen and oxygen atoms in total. The summed E-state index contributed by atoms with van der Waals surface area (Å²) in [5, 5.41) is 26.0. The van der Waals surface area contributed by atoms with Crippen LogP contribution in [-0.2, 0) is 11.7 Å². The lowest BCUT2D eigenvalue weighted by Crippen LogP contribution is -2.58. The summed E-state index contributed by atoms with van der Waals surface area (Å²) in [6.07, 6.45) is 4.65. The van der Waals surface area contributed by atoms with E-state index < -0.39 is 23.5 Å². The van der Waals surface area contributed by atoms with Gasteiger partial charge in [-0.3, -0.25) is 9.58 Å². The zero-order valence-corrected chi connectivity index (χ0v) is 23.6. The first-order valence-corrected chi connectivity index (χ1v) is 14.5. The molecule has 2 N–H and O–H groups in total. The highest BCUT2D eigenvalue weighted by molar-refractivity contribution is 5.90. The molecule has 2 saturated heterocycles. The second kappa shape index (κ2) is 11.0. The number of ether oxygens (including phenoxy) is 1. The van der Waals surface area contributed by atoms with E-state index in [9.17, 15) is 23.5 Å². The van der Waals surface area contributed by atoms with Gasteiger partial charge in [-0.1, -0.05) is 0 Å². The van der Waals surface area contributed by atoms with Crippen LogP contribution >= 0.6 is 0 Å². The molecule has 0 amide bonds. The third kappa shape index (κ3) is 5.44. The number of piperidine rings is 1. The number of nitrogens with one attached hydrogen (secondary N) is 1. The first kappa shape index (κ1) is 28.5. The van der Waals surface area contributed by atoms with Crippen molar-refractivity contribution in [3.05, 3.63) is 48.8 Å². The first-order chi connectivity index (χ1) is 21.2. The van der Waals surface area contributed by atoms with Crippen molar-refractivity contribution in [2.75, 3.05) is 26.2 Å². The van der Waals surface area contributed by atoms with Gasteiger partial charge in [-0.25, -0.2) is 15.0 Å². The monoisotopic (exact) mass is 609 g/mol. The number of H-pyrrole nitrogens is 1. The molecular formula is C29H30F3N9O3. The Morgan fingerprint density at radius 3 is 2.68 bits per heavy atom. The Kier molecular flexibility index (Phi) is 7.14. The lowest BCUT2D eigenvalue weighted by molar-refractivity contribution is -0.168. The molecule has 6 heterocycles. The Hall–Kier alpha value is -4.26. The summed E-state index contributed by atoms with van der Waals surface area (Å²) in [6, 6.07) is 6.71. The Morgan fingerprint density at radius 2 is 1.95 bits per heavy atom. The number of rotatable bonds is 8. The molecule has 7 rings (SSSR count). The number of hydroxylamine groups is 2. The van der Waals surface area contributed by atoms with Gasteiger partial charge in [0.1, 0.15) is 18.1 Å². The van der Waals surface area contributed by atoms with Crippen LogP contribution in [0.25, 0.3) is 22.3 Å². The van der Waals surface area contributed by atoms with Crippen LogP contribution in [0.4, 0.5) is 13.2 Å². The van der Waals surface area contributed by atoms with Crippen LogP contribution in [0.1, 0.15) is 37.8 Å². The minimum absolute atomic E-state index is 0.0334. The average molecular weight is 610 g/mol. The van der Waals surface area contributed by atoms with Crippen LogP contribution in [0.15, 0.2) is 43.1 Å². The normalized spacial score (nSPS) is 23.7. The molecule has 15 heteroatoms. The molecule has 3 aliphatic rings. The lowest BCUT2D eigenvalue weighted by atomic mass is 9.69. The molecule has 0 atom stereocenters. The van der Waals surface area contributed by atoms with Gasteiger partial charge in [0.15, 0.2) is 11.4 Å². The van der Waals surface area contributed by atoms with E-state index in [-0.39, 0.29) is 36.9 Å². The fraction of sp³-hybridized carbons (Fsp3) is 0.483. The first-order valence-electron chi connectivity index (χ1n) is 14.5. The van der Waals surface area contributed by atoms with Gasteiger partial charge in [0.25, 0.3) is 0 Å². The Balaban J connectivity index is 0.981. The average Bonchev–Trinajstić information content (AvgIpc) is 3.64. The van der Waals surface area contributed by atoms with Gasteiger partial charge in [-0.05, 0) is 31.7 Å². The summed E-state index contributed by atoms with van der Waals surface area (Å²) < 4.78 is 48.4. The van der Waals surface area contributed by atoms with Crippen molar-refractivity contribution in [2.24, 2.45) is 0 Å². The molecule has 0 unspecified atom stereocenters. The zero-order chi connectivity index (χ0) is 30.5. The molecule has 0 aromatic carbocycles. The van der Waals surface area contributed by atoms with Crippen LogP contribution < -0.4 is 9.57 Å². The molecule has 0 spiro atoms. The van der Waals surface area contributed by atoms with Gasteiger partial charge in [0.2, 0.25) is 5.88 Å². The number of aromatic nitrogens is 6. The molecule has 3 fully saturated rings. The van der Waals surface area contributed by atoms with Crippen molar-refractivity contribution >= 4 is 11.0 Å². The number of fused-ring (bicyclic) bond motifs is 1. The summed E-state index contributed by atoms with van der Waals surface area (Å²) in [4.78, 5) is 23.3. The molecule has 0 radical (unpaired) electrons. The summed E-state index contributed by atoms with van der Waals surface area (Å²) in [5.41, 5.74) is 0.873. The molecule has 44 heavy (non-hydrogen) atoms. The van der Waals surface area contributed by atoms with Crippen LogP contribution in [0.3, 0.4) is 0 Å². The summed E-state index contributed by atoms with van der Waals surface area (Å²) in [7, 11) is 0. The van der Waals surface area contributed by atoms with Crippen molar-refractivity contribution < 1.29 is 27.9 Å². The number of hydrogen-bond acceptors (Lipinski definition) is 10. The van der Waals surface area contributed by atoms with Crippen molar-refractivity contribution in [3.8, 4) is 29.0 Å². The third-order valence-electron chi connectivity index (χ3n) is 8.74. The number of likely N-dealkylation sites (tertiary alicyclic amines) is 1. The Bertz CT molecular complexity index is 1680. The fourth-order valence-electron chi connectivity index (χ4n) is 6.35. The second-order valence-electron chi connectivity index (χ2n) is 11.7. The number of nitriles is 1. The van der Waals surface area contributed by atoms with E-state index in [1.54, 1.807) is 6.20 Å². The summed E-state index contributed by atoms with van der Waals surface area (Å²) in [6.45, 7) is 1.86. The van der Waals surface area contributed by atoms with Gasteiger partial charge in [-0.15, -0.1) is 5.06 Å². The predicted molar refractivity (Wildman–Crippen MR) is 149 cm³/mol. The number of aromatic amines is 1. The number of alkyl halides is 3. The number of pyridine rings is 1. The van der Waals surface area contributed by atoms with Gasteiger partial charge in [0.05, 0.1) is 49.1 Å². The fourth-order valence-corrected chi connectivity index (χ4v) is 6.35. The maximum atomic E-state index is 13.5. The number of aliphatic hydroxyl groups excluding tert-OH is 1. The molecular weight excluding hydrogens is 579 g/mol. The van der Waals surface area contributed by atoms with E-state index in [4.69, 9.17) is 9.57 Å². The summed E-state index contributed by atoms with van der Waals surface area (Å²) >= 11 is 0. The largest absolute Gasteiger partial charge is 0.474 e.